The zero-order chi connectivity index (χ0) is 14.5. The van der Waals surface area contributed by atoms with Crippen LogP contribution in [-0.4, -0.2) is 40.8 Å². The average Bonchev–Trinajstić information content (AvgIpc) is 2.46. The van der Waals surface area contributed by atoms with Gasteiger partial charge in [-0.05, 0) is 25.0 Å². The molecule has 20 heavy (non-hydrogen) atoms. The smallest absolute Gasteiger partial charge is 0.254 e. The summed E-state index contributed by atoms with van der Waals surface area (Å²) in [6, 6.07) is 3.47. The van der Waals surface area contributed by atoms with Crippen LogP contribution in [-0.2, 0) is 11.3 Å². The summed E-state index contributed by atoms with van der Waals surface area (Å²) in [7, 11) is 0. The Morgan fingerprint density at radius 3 is 3.05 bits per heavy atom. The lowest BCUT2D eigenvalue weighted by molar-refractivity contribution is -0.120. The van der Waals surface area contributed by atoms with Gasteiger partial charge in [0.15, 0.2) is 0 Å². The number of aromatic nitrogens is 1. The first-order chi connectivity index (χ1) is 9.60. The van der Waals surface area contributed by atoms with E-state index in [0.717, 1.165) is 19.4 Å². The third kappa shape index (κ3) is 3.54. The lowest BCUT2D eigenvalue weighted by Gasteiger charge is -2.33. The van der Waals surface area contributed by atoms with E-state index in [4.69, 9.17) is 5.73 Å². The third-order valence-corrected chi connectivity index (χ3v) is 3.39. The summed E-state index contributed by atoms with van der Waals surface area (Å²) in [6.07, 6.45) is 3.41. The van der Waals surface area contributed by atoms with E-state index in [0.29, 0.717) is 24.3 Å². The van der Waals surface area contributed by atoms with Gasteiger partial charge in [0.1, 0.15) is 0 Å². The highest BCUT2D eigenvalue weighted by atomic mass is 16.2. The topological polar surface area (TPSA) is 88.3 Å². The maximum absolute atomic E-state index is 12.4. The number of piperidine rings is 1. The number of pyridine rings is 1. The van der Waals surface area contributed by atoms with Crippen molar-refractivity contribution < 1.29 is 9.59 Å². The molecule has 0 bridgehead atoms. The van der Waals surface area contributed by atoms with Crippen LogP contribution in [0.3, 0.4) is 0 Å². The molecule has 0 radical (unpaired) electrons. The van der Waals surface area contributed by atoms with E-state index in [1.165, 1.54) is 6.92 Å². The Kier molecular flexibility index (Phi) is 4.68. The van der Waals surface area contributed by atoms with Crippen LogP contribution < -0.4 is 11.1 Å². The second-order valence-electron chi connectivity index (χ2n) is 5.03. The van der Waals surface area contributed by atoms with Crippen LogP contribution >= 0.6 is 0 Å². The summed E-state index contributed by atoms with van der Waals surface area (Å²) in [5, 5.41) is 2.88. The second kappa shape index (κ2) is 6.47. The van der Waals surface area contributed by atoms with Gasteiger partial charge in [0.25, 0.3) is 5.91 Å². The fourth-order valence-electron chi connectivity index (χ4n) is 2.47. The Bertz CT molecular complexity index is 504. The van der Waals surface area contributed by atoms with Gasteiger partial charge < -0.3 is 16.0 Å². The fourth-order valence-corrected chi connectivity index (χ4v) is 2.47. The van der Waals surface area contributed by atoms with E-state index in [1.807, 2.05) is 0 Å². The number of carbonyl (C=O) groups is 2. The highest BCUT2D eigenvalue weighted by Gasteiger charge is 2.24. The van der Waals surface area contributed by atoms with Crippen molar-refractivity contribution in [1.82, 2.24) is 15.2 Å². The third-order valence-electron chi connectivity index (χ3n) is 3.39. The molecular formula is C14H20N4O2. The molecule has 2 amide bonds. The van der Waals surface area contributed by atoms with Crippen LogP contribution in [0.1, 0.15) is 35.8 Å². The molecule has 1 aromatic rings. The van der Waals surface area contributed by atoms with Crippen molar-refractivity contribution in [3.8, 4) is 0 Å². The highest BCUT2D eigenvalue weighted by molar-refractivity contribution is 5.94. The monoisotopic (exact) mass is 276 g/mol. The molecule has 0 saturated carbocycles. The van der Waals surface area contributed by atoms with Gasteiger partial charge in [0.2, 0.25) is 5.91 Å². The first-order valence-electron chi connectivity index (χ1n) is 6.81. The molecule has 6 nitrogen and oxygen atoms in total. The van der Waals surface area contributed by atoms with Gasteiger partial charge in [-0.2, -0.15) is 0 Å². The zero-order valence-corrected chi connectivity index (χ0v) is 11.6. The number of nitrogens with two attached hydrogens (primary N) is 1. The first-order valence-corrected chi connectivity index (χ1v) is 6.81. The van der Waals surface area contributed by atoms with Crippen LogP contribution in [0.2, 0.25) is 0 Å². The molecule has 1 unspecified atom stereocenters. The molecular weight excluding hydrogens is 256 g/mol. The summed E-state index contributed by atoms with van der Waals surface area (Å²) in [6.45, 7) is 3.08. The Labute approximate surface area is 118 Å². The molecule has 2 heterocycles. The molecule has 2 rings (SSSR count). The lowest BCUT2D eigenvalue weighted by Crippen LogP contribution is -2.49. The summed E-state index contributed by atoms with van der Waals surface area (Å²) in [4.78, 5) is 29.4. The largest absolute Gasteiger partial charge is 0.352 e. The number of hydrogen-bond acceptors (Lipinski definition) is 4. The molecule has 1 aromatic heterocycles. The Morgan fingerprint density at radius 2 is 2.35 bits per heavy atom. The SMILES string of the molecule is CC(=O)NC1CCCN(C(=O)c2ccnc(CN)c2)C1. The molecule has 0 aliphatic carbocycles. The van der Waals surface area contributed by atoms with E-state index in [9.17, 15) is 9.59 Å². The lowest BCUT2D eigenvalue weighted by atomic mass is 10.0. The van der Waals surface area contributed by atoms with E-state index >= 15 is 0 Å². The molecule has 1 aliphatic rings. The molecule has 1 saturated heterocycles. The summed E-state index contributed by atoms with van der Waals surface area (Å²) in [5.41, 5.74) is 6.84. The van der Waals surface area contributed by atoms with Gasteiger partial charge in [-0.25, -0.2) is 0 Å². The van der Waals surface area contributed by atoms with Gasteiger partial charge in [-0.3, -0.25) is 14.6 Å². The van der Waals surface area contributed by atoms with Crippen LogP contribution in [0, 0.1) is 0 Å². The highest BCUT2D eigenvalue weighted by Crippen LogP contribution is 2.14. The van der Waals surface area contributed by atoms with Crippen molar-refractivity contribution >= 4 is 11.8 Å². The number of rotatable bonds is 3. The minimum absolute atomic E-state index is 0.0304. The Hall–Kier alpha value is -1.95. The van der Waals surface area contributed by atoms with Gasteiger partial charge >= 0.3 is 0 Å². The van der Waals surface area contributed by atoms with E-state index in [2.05, 4.69) is 10.3 Å². The summed E-state index contributed by atoms with van der Waals surface area (Å²) in [5.74, 6) is -0.0872. The maximum Gasteiger partial charge on any atom is 0.254 e. The average molecular weight is 276 g/mol. The van der Waals surface area contributed by atoms with Crippen molar-refractivity contribution in [2.45, 2.75) is 32.4 Å². The van der Waals surface area contributed by atoms with Crippen molar-refractivity contribution in [3.63, 3.8) is 0 Å². The number of nitrogens with zero attached hydrogens (tertiary/aromatic N) is 2. The van der Waals surface area contributed by atoms with Gasteiger partial charge in [-0.1, -0.05) is 0 Å². The quantitative estimate of drug-likeness (QED) is 0.830. The number of amides is 2. The van der Waals surface area contributed by atoms with Crippen LogP contribution in [0.25, 0.3) is 0 Å². The zero-order valence-electron chi connectivity index (χ0n) is 11.6. The number of hydrogen-bond donors (Lipinski definition) is 2. The Balaban J connectivity index is 2.06. The Morgan fingerprint density at radius 1 is 1.55 bits per heavy atom. The van der Waals surface area contributed by atoms with E-state index in [-0.39, 0.29) is 17.9 Å². The molecule has 0 spiro atoms. The predicted molar refractivity (Wildman–Crippen MR) is 74.9 cm³/mol. The van der Waals surface area contributed by atoms with Crippen molar-refractivity contribution in [3.05, 3.63) is 29.6 Å². The second-order valence-corrected chi connectivity index (χ2v) is 5.03. The summed E-state index contributed by atoms with van der Waals surface area (Å²) >= 11 is 0. The first kappa shape index (κ1) is 14.5. The molecule has 108 valence electrons. The van der Waals surface area contributed by atoms with E-state index in [1.54, 1.807) is 23.2 Å². The van der Waals surface area contributed by atoms with Crippen molar-refractivity contribution in [2.24, 2.45) is 5.73 Å². The minimum Gasteiger partial charge on any atom is -0.352 e. The van der Waals surface area contributed by atoms with E-state index < -0.39 is 0 Å². The molecule has 3 N–H and O–H groups in total. The number of likely N-dealkylation sites (tertiary alicyclic amines) is 1. The van der Waals surface area contributed by atoms with Gasteiger partial charge in [-0.15, -0.1) is 0 Å². The van der Waals surface area contributed by atoms with Crippen molar-refractivity contribution in [2.75, 3.05) is 13.1 Å². The molecule has 6 heteroatoms. The molecule has 0 aromatic carbocycles. The molecule has 1 atom stereocenters. The number of nitrogens with one attached hydrogen (secondary N) is 1. The fraction of sp³-hybridized carbons (Fsp3) is 0.500. The standard InChI is InChI=1S/C14H20N4O2/c1-10(19)17-12-3-2-6-18(9-12)14(20)11-4-5-16-13(7-11)8-15/h4-5,7,12H,2-3,6,8-9,15H2,1H3,(H,17,19). The normalized spacial score (nSPS) is 18.7. The van der Waals surface area contributed by atoms with Crippen LogP contribution in [0.5, 0.6) is 0 Å². The van der Waals surface area contributed by atoms with Crippen LogP contribution in [0.15, 0.2) is 18.3 Å². The van der Waals surface area contributed by atoms with Crippen molar-refractivity contribution in [1.29, 1.82) is 0 Å². The van der Waals surface area contributed by atoms with Crippen LogP contribution in [0.4, 0.5) is 0 Å². The van der Waals surface area contributed by atoms with Gasteiger partial charge in [0.05, 0.1) is 5.69 Å². The summed E-state index contributed by atoms with van der Waals surface area (Å²) < 4.78 is 0. The minimum atomic E-state index is -0.0568. The molecule has 1 aliphatic heterocycles. The maximum atomic E-state index is 12.4. The number of carbonyl (C=O) groups excluding carboxylic acids is 2. The van der Waals surface area contributed by atoms with Gasteiger partial charge in [0, 0.05) is 44.4 Å². The predicted octanol–water partition coefficient (Wildman–Crippen LogP) is 0.281. The molecule has 1 fully saturated rings.